The van der Waals surface area contributed by atoms with E-state index in [1.165, 1.54) is 0 Å². The summed E-state index contributed by atoms with van der Waals surface area (Å²) in [5.74, 6) is -0.627. The summed E-state index contributed by atoms with van der Waals surface area (Å²) in [6.07, 6.45) is 4.09. The summed E-state index contributed by atoms with van der Waals surface area (Å²) in [5.41, 5.74) is 5.69. The van der Waals surface area contributed by atoms with E-state index in [1.54, 1.807) is 0 Å². The summed E-state index contributed by atoms with van der Waals surface area (Å²) in [5, 5.41) is 11.3. The Balaban J connectivity index is 2.12. The second-order valence-electron chi connectivity index (χ2n) is 5.23. The molecule has 1 unspecified atom stereocenters. The maximum absolute atomic E-state index is 11.6. The number of carbonyl (C=O) groups is 2. The van der Waals surface area contributed by atoms with Crippen molar-refractivity contribution < 1.29 is 14.7 Å². The number of carboxylic acid groups (broad SMARTS) is 1. The number of hydrogen-bond donors (Lipinski definition) is 3. The molecule has 0 heterocycles. The molecule has 1 rings (SSSR count). The van der Waals surface area contributed by atoms with Crippen LogP contribution in [0.3, 0.4) is 0 Å². The van der Waals surface area contributed by atoms with Crippen LogP contribution >= 0.6 is 0 Å². The van der Waals surface area contributed by atoms with Gasteiger partial charge in [-0.2, -0.15) is 0 Å². The van der Waals surface area contributed by atoms with Crippen molar-refractivity contribution in [3.8, 4) is 0 Å². The molecular weight excluding hydrogens is 220 g/mol. The van der Waals surface area contributed by atoms with Gasteiger partial charge in [0.1, 0.15) is 0 Å². The summed E-state index contributed by atoms with van der Waals surface area (Å²) in [6, 6.07) is 0. The molecule has 0 aromatic rings. The molecule has 1 saturated carbocycles. The molecule has 0 aliphatic heterocycles. The average Bonchev–Trinajstić information content (AvgIpc) is 2.21. The molecule has 98 valence electrons. The van der Waals surface area contributed by atoms with Crippen LogP contribution in [-0.4, -0.2) is 29.1 Å². The van der Waals surface area contributed by atoms with Gasteiger partial charge in [-0.25, -0.2) is 0 Å². The third-order valence-corrected chi connectivity index (χ3v) is 3.36. The zero-order chi connectivity index (χ0) is 12.9. The highest BCUT2D eigenvalue weighted by Crippen LogP contribution is 2.31. The minimum Gasteiger partial charge on any atom is -0.481 e. The average molecular weight is 242 g/mol. The molecule has 1 atom stereocenters. The Kier molecular flexibility index (Phi) is 4.93. The molecule has 1 aliphatic rings. The van der Waals surface area contributed by atoms with Crippen LogP contribution < -0.4 is 11.1 Å². The maximum atomic E-state index is 11.6. The lowest BCUT2D eigenvalue weighted by Crippen LogP contribution is -2.50. The molecule has 0 bridgehead atoms. The quantitative estimate of drug-likeness (QED) is 0.617. The van der Waals surface area contributed by atoms with Gasteiger partial charge < -0.3 is 16.2 Å². The third kappa shape index (κ3) is 5.17. The van der Waals surface area contributed by atoms with Crippen LogP contribution in [0.5, 0.6) is 0 Å². The number of nitrogens with two attached hydrogens (primary N) is 1. The van der Waals surface area contributed by atoms with Gasteiger partial charge in [-0.05, 0) is 31.6 Å². The predicted octanol–water partition coefficient (Wildman–Crippen LogP) is 0.875. The molecule has 5 heteroatoms. The second kappa shape index (κ2) is 6.00. The molecule has 1 fully saturated rings. The van der Waals surface area contributed by atoms with Gasteiger partial charge in [0.15, 0.2) is 0 Å². The second-order valence-corrected chi connectivity index (χ2v) is 5.23. The zero-order valence-corrected chi connectivity index (χ0v) is 10.4. The van der Waals surface area contributed by atoms with Crippen molar-refractivity contribution in [1.82, 2.24) is 5.32 Å². The van der Waals surface area contributed by atoms with Crippen LogP contribution in [-0.2, 0) is 9.59 Å². The van der Waals surface area contributed by atoms with E-state index in [4.69, 9.17) is 10.8 Å². The molecule has 17 heavy (non-hydrogen) atoms. The molecule has 1 amide bonds. The van der Waals surface area contributed by atoms with Gasteiger partial charge >= 0.3 is 5.97 Å². The van der Waals surface area contributed by atoms with E-state index in [-0.39, 0.29) is 23.8 Å². The molecule has 0 aromatic heterocycles. The van der Waals surface area contributed by atoms with Crippen molar-refractivity contribution in [3.63, 3.8) is 0 Å². The van der Waals surface area contributed by atoms with Gasteiger partial charge in [-0.1, -0.05) is 6.92 Å². The van der Waals surface area contributed by atoms with Crippen molar-refractivity contribution in [2.45, 2.75) is 51.0 Å². The van der Waals surface area contributed by atoms with Gasteiger partial charge in [0.05, 0.1) is 0 Å². The zero-order valence-electron chi connectivity index (χ0n) is 10.4. The minimum absolute atomic E-state index is 0.0191. The summed E-state index contributed by atoms with van der Waals surface area (Å²) >= 11 is 0. The lowest BCUT2D eigenvalue weighted by Gasteiger charge is -2.37. The Morgan fingerprint density at radius 2 is 2.12 bits per heavy atom. The molecule has 0 saturated heterocycles. The SMILES string of the molecule is CC(CCC(=O)O)CNC(=O)CC1(N)CCC1. The number of rotatable bonds is 7. The van der Waals surface area contributed by atoms with Crippen molar-refractivity contribution in [2.24, 2.45) is 11.7 Å². The minimum atomic E-state index is -0.793. The molecule has 5 nitrogen and oxygen atoms in total. The lowest BCUT2D eigenvalue weighted by molar-refractivity contribution is -0.137. The Bertz CT molecular complexity index is 287. The predicted molar refractivity (Wildman–Crippen MR) is 64.4 cm³/mol. The number of hydrogen-bond acceptors (Lipinski definition) is 3. The third-order valence-electron chi connectivity index (χ3n) is 3.36. The number of carbonyl (C=O) groups excluding carboxylic acids is 1. The van der Waals surface area contributed by atoms with Crippen LogP contribution in [0.15, 0.2) is 0 Å². The first kappa shape index (κ1) is 14.0. The normalized spacial score (nSPS) is 19.2. The topological polar surface area (TPSA) is 92.4 Å². The monoisotopic (exact) mass is 242 g/mol. The van der Waals surface area contributed by atoms with Gasteiger partial charge in [0, 0.05) is 24.9 Å². The molecule has 0 radical (unpaired) electrons. The molecular formula is C12H22N2O3. The summed E-state index contributed by atoms with van der Waals surface area (Å²) in [6.45, 7) is 2.47. The fourth-order valence-electron chi connectivity index (χ4n) is 1.95. The Morgan fingerprint density at radius 1 is 1.47 bits per heavy atom. The van der Waals surface area contributed by atoms with Gasteiger partial charge in [-0.15, -0.1) is 0 Å². The van der Waals surface area contributed by atoms with Gasteiger partial charge in [0.2, 0.25) is 5.91 Å². The molecule has 1 aliphatic carbocycles. The van der Waals surface area contributed by atoms with E-state index >= 15 is 0 Å². The highest BCUT2D eigenvalue weighted by Gasteiger charge is 2.34. The Morgan fingerprint density at radius 3 is 2.59 bits per heavy atom. The van der Waals surface area contributed by atoms with E-state index in [0.717, 1.165) is 19.3 Å². The summed E-state index contributed by atoms with van der Waals surface area (Å²) in [7, 11) is 0. The number of carboxylic acids is 1. The van der Waals surface area contributed by atoms with Gasteiger partial charge in [-0.3, -0.25) is 9.59 Å². The van der Waals surface area contributed by atoms with Crippen molar-refractivity contribution >= 4 is 11.9 Å². The number of nitrogens with one attached hydrogen (secondary N) is 1. The standard InChI is InChI=1S/C12H22N2O3/c1-9(3-4-11(16)17)8-14-10(15)7-12(13)5-2-6-12/h9H,2-8,13H2,1H3,(H,14,15)(H,16,17). The number of amides is 1. The molecule has 4 N–H and O–H groups in total. The first-order valence-electron chi connectivity index (χ1n) is 6.19. The smallest absolute Gasteiger partial charge is 0.303 e. The Hall–Kier alpha value is -1.10. The van der Waals surface area contributed by atoms with Crippen molar-refractivity contribution in [2.75, 3.05) is 6.54 Å². The summed E-state index contributed by atoms with van der Waals surface area (Å²) in [4.78, 5) is 22.0. The first-order valence-corrected chi connectivity index (χ1v) is 6.19. The largest absolute Gasteiger partial charge is 0.481 e. The van der Waals surface area contributed by atoms with E-state index < -0.39 is 5.97 Å². The fraction of sp³-hybridized carbons (Fsp3) is 0.833. The van der Waals surface area contributed by atoms with Crippen molar-refractivity contribution in [3.05, 3.63) is 0 Å². The maximum Gasteiger partial charge on any atom is 0.303 e. The van der Waals surface area contributed by atoms with E-state index in [1.807, 2.05) is 6.92 Å². The fourth-order valence-corrected chi connectivity index (χ4v) is 1.95. The van der Waals surface area contributed by atoms with Crippen LogP contribution in [0.1, 0.15) is 45.4 Å². The first-order chi connectivity index (χ1) is 7.91. The summed E-state index contributed by atoms with van der Waals surface area (Å²) < 4.78 is 0. The highest BCUT2D eigenvalue weighted by molar-refractivity contribution is 5.77. The van der Waals surface area contributed by atoms with Crippen LogP contribution in [0.4, 0.5) is 0 Å². The van der Waals surface area contributed by atoms with E-state index in [0.29, 0.717) is 19.4 Å². The molecule has 0 spiro atoms. The Labute approximate surface area is 102 Å². The van der Waals surface area contributed by atoms with E-state index in [9.17, 15) is 9.59 Å². The van der Waals surface area contributed by atoms with Crippen molar-refractivity contribution in [1.29, 1.82) is 0 Å². The number of aliphatic carboxylic acids is 1. The highest BCUT2D eigenvalue weighted by atomic mass is 16.4. The lowest BCUT2D eigenvalue weighted by atomic mass is 9.75. The molecule has 0 aromatic carbocycles. The van der Waals surface area contributed by atoms with Gasteiger partial charge in [0.25, 0.3) is 0 Å². The van der Waals surface area contributed by atoms with E-state index in [2.05, 4.69) is 5.32 Å². The van der Waals surface area contributed by atoms with Crippen LogP contribution in [0, 0.1) is 5.92 Å². The van der Waals surface area contributed by atoms with Crippen LogP contribution in [0.2, 0.25) is 0 Å². The van der Waals surface area contributed by atoms with Crippen LogP contribution in [0.25, 0.3) is 0 Å².